The summed E-state index contributed by atoms with van der Waals surface area (Å²) in [7, 11) is 0. The van der Waals surface area contributed by atoms with Gasteiger partial charge in [0.1, 0.15) is 5.82 Å². The van der Waals surface area contributed by atoms with Gasteiger partial charge in [-0.25, -0.2) is 4.39 Å². The van der Waals surface area contributed by atoms with Crippen LogP contribution in [0.2, 0.25) is 0 Å². The number of benzene rings is 1. The summed E-state index contributed by atoms with van der Waals surface area (Å²) in [4.78, 5) is 13.7. The number of carbonyl (C=O) groups is 1. The van der Waals surface area contributed by atoms with Crippen LogP contribution >= 0.6 is 0 Å². The highest BCUT2D eigenvalue weighted by Crippen LogP contribution is 2.28. The van der Waals surface area contributed by atoms with E-state index in [1.165, 1.54) is 25.0 Å². The lowest BCUT2D eigenvalue weighted by Crippen LogP contribution is -2.33. The van der Waals surface area contributed by atoms with Gasteiger partial charge in [-0.1, -0.05) is 12.1 Å². The van der Waals surface area contributed by atoms with Crippen LogP contribution in [0.1, 0.15) is 24.8 Å². The average Bonchev–Trinajstić information content (AvgIpc) is 3.13. The van der Waals surface area contributed by atoms with Gasteiger partial charge in [0.25, 0.3) is 0 Å². The maximum atomic E-state index is 13.1. The number of nitrogens with zero attached hydrogens (tertiary/aromatic N) is 1. The molecule has 1 unspecified atom stereocenters. The summed E-state index contributed by atoms with van der Waals surface area (Å²) in [6, 6.07) is 6.74. The van der Waals surface area contributed by atoms with E-state index in [1.54, 1.807) is 6.07 Å². The SMILES string of the molecule is O=C1CC(NCC2CC2)CN1Cc1cccc(F)c1. The molecule has 3 rings (SSSR count). The van der Waals surface area contributed by atoms with Gasteiger partial charge in [-0.15, -0.1) is 0 Å². The minimum Gasteiger partial charge on any atom is -0.337 e. The molecule has 1 atom stereocenters. The van der Waals surface area contributed by atoms with Crippen LogP contribution in [0.25, 0.3) is 0 Å². The molecular formula is C15H19FN2O. The molecular weight excluding hydrogens is 243 g/mol. The summed E-state index contributed by atoms with van der Waals surface area (Å²) >= 11 is 0. The molecule has 19 heavy (non-hydrogen) atoms. The summed E-state index contributed by atoms with van der Waals surface area (Å²) in [5.41, 5.74) is 0.858. The predicted octanol–water partition coefficient (Wildman–Crippen LogP) is 1.93. The first-order chi connectivity index (χ1) is 9.20. The second kappa shape index (κ2) is 5.29. The van der Waals surface area contributed by atoms with Gasteiger partial charge >= 0.3 is 0 Å². The molecule has 1 aromatic rings. The Morgan fingerprint density at radius 2 is 2.21 bits per heavy atom. The lowest BCUT2D eigenvalue weighted by molar-refractivity contribution is -0.128. The number of hydrogen-bond acceptors (Lipinski definition) is 2. The second-order valence-electron chi connectivity index (χ2n) is 5.66. The van der Waals surface area contributed by atoms with Gasteiger partial charge in [0.15, 0.2) is 0 Å². The van der Waals surface area contributed by atoms with Crippen molar-refractivity contribution in [3.05, 3.63) is 35.6 Å². The molecule has 1 saturated carbocycles. The van der Waals surface area contributed by atoms with Gasteiger partial charge in [-0.05, 0) is 43.0 Å². The van der Waals surface area contributed by atoms with Crippen molar-refractivity contribution in [1.82, 2.24) is 10.2 Å². The lowest BCUT2D eigenvalue weighted by atomic mass is 10.2. The highest BCUT2D eigenvalue weighted by Gasteiger charge is 2.30. The first-order valence-corrected chi connectivity index (χ1v) is 6.96. The molecule has 102 valence electrons. The van der Waals surface area contributed by atoms with Crippen molar-refractivity contribution in [3.63, 3.8) is 0 Å². The Bertz CT molecular complexity index is 473. The van der Waals surface area contributed by atoms with E-state index in [9.17, 15) is 9.18 Å². The maximum Gasteiger partial charge on any atom is 0.224 e. The third-order valence-corrected chi connectivity index (χ3v) is 3.87. The van der Waals surface area contributed by atoms with E-state index in [1.807, 2.05) is 11.0 Å². The van der Waals surface area contributed by atoms with Gasteiger partial charge in [-0.3, -0.25) is 4.79 Å². The van der Waals surface area contributed by atoms with Crippen molar-refractivity contribution in [2.45, 2.75) is 31.8 Å². The number of rotatable bonds is 5. The fraction of sp³-hybridized carbons (Fsp3) is 0.533. The third kappa shape index (κ3) is 3.32. The zero-order valence-corrected chi connectivity index (χ0v) is 10.9. The summed E-state index contributed by atoms with van der Waals surface area (Å²) in [6.07, 6.45) is 3.21. The first kappa shape index (κ1) is 12.6. The van der Waals surface area contributed by atoms with Crippen molar-refractivity contribution in [2.24, 2.45) is 5.92 Å². The van der Waals surface area contributed by atoms with Crippen LogP contribution in [0.5, 0.6) is 0 Å². The van der Waals surface area contributed by atoms with E-state index in [0.29, 0.717) is 13.0 Å². The van der Waals surface area contributed by atoms with Crippen LogP contribution < -0.4 is 5.32 Å². The summed E-state index contributed by atoms with van der Waals surface area (Å²) in [5.74, 6) is 0.748. The zero-order valence-electron chi connectivity index (χ0n) is 10.9. The van der Waals surface area contributed by atoms with Crippen molar-refractivity contribution in [1.29, 1.82) is 0 Å². The van der Waals surface area contributed by atoms with E-state index in [0.717, 1.165) is 24.6 Å². The number of halogens is 1. The molecule has 0 bridgehead atoms. The van der Waals surface area contributed by atoms with Gasteiger partial charge in [0, 0.05) is 25.6 Å². The molecule has 0 aromatic heterocycles. The van der Waals surface area contributed by atoms with Crippen molar-refractivity contribution < 1.29 is 9.18 Å². The minimum atomic E-state index is -0.243. The topological polar surface area (TPSA) is 32.3 Å². The Hall–Kier alpha value is -1.42. The Labute approximate surface area is 112 Å². The molecule has 2 aliphatic rings. The van der Waals surface area contributed by atoms with Crippen LogP contribution in [-0.2, 0) is 11.3 Å². The molecule has 1 saturated heterocycles. The Balaban J connectivity index is 1.54. The van der Waals surface area contributed by atoms with Crippen LogP contribution in [-0.4, -0.2) is 29.9 Å². The van der Waals surface area contributed by atoms with E-state index < -0.39 is 0 Å². The maximum absolute atomic E-state index is 13.1. The van der Waals surface area contributed by atoms with Crippen molar-refractivity contribution >= 4 is 5.91 Å². The van der Waals surface area contributed by atoms with Gasteiger partial charge in [-0.2, -0.15) is 0 Å². The lowest BCUT2D eigenvalue weighted by Gasteiger charge is -2.17. The first-order valence-electron chi connectivity index (χ1n) is 6.96. The van der Waals surface area contributed by atoms with E-state index >= 15 is 0 Å². The smallest absolute Gasteiger partial charge is 0.224 e. The highest BCUT2D eigenvalue weighted by molar-refractivity contribution is 5.79. The monoisotopic (exact) mass is 262 g/mol. The molecule has 1 aliphatic heterocycles. The molecule has 2 fully saturated rings. The fourth-order valence-corrected chi connectivity index (χ4v) is 2.57. The van der Waals surface area contributed by atoms with Gasteiger partial charge in [0.2, 0.25) is 5.91 Å². The number of hydrogen-bond donors (Lipinski definition) is 1. The van der Waals surface area contributed by atoms with E-state index in [4.69, 9.17) is 0 Å². The van der Waals surface area contributed by atoms with Gasteiger partial charge < -0.3 is 10.2 Å². The molecule has 0 radical (unpaired) electrons. The average molecular weight is 262 g/mol. The fourth-order valence-electron chi connectivity index (χ4n) is 2.57. The Kier molecular flexibility index (Phi) is 3.51. The molecule has 1 N–H and O–H groups in total. The summed E-state index contributed by atoms with van der Waals surface area (Å²) < 4.78 is 13.1. The molecule has 0 spiro atoms. The predicted molar refractivity (Wildman–Crippen MR) is 70.9 cm³/mol. The number of nitrogens with one attached hydrogen (secondary N) is 1. The third-order valence-electron chi connectivity index (χ3n) is 3.87. The number of likely N-dealkylation sites (tertiary alicyclic amines) is 1. The molecule has 1 heterocycles. The van der Waals surface area contributed by atoms with Crippen LogP contribution in [0.15, 0.2) is 24.3 Å². The van der Waals surface area contributed by atoms with E-state index in [2.05, 4.69) is 5.32 Å². The molecule has 1 aliphatic carbocycles. The molecule has 1 aromatic carbocycles. The Morgan fingerprint density at radius 3 is 2.95 bits per heavy atom. The highest BCUT2D eigenvalue weighted by atomic mass is 19.1. The van der Waals surface area contributed by atoms with Crippen LogP contribution in [0.4, 0.5) is 4.39 Å². The largest absolute Gasteiger partial charge is 0.337 e. The van der Waals surface area contributed by atoms with Crippen molar-refractivity contribution in [2.75, 3.05) is 13.1 Å². The number of amides is 1. The van der Waals surface area contributed by atoms with Crippen molar-refractivity contribution in [3.8, 4) is 0 Å². The standard InChI is InChI=1S/C15H19FN2O/c16-13-3-1-2-12(6-13)9-18-10-14(7-15(18)19)17-8-11-4-5-11/h1-3,6,11,14,17H,4-5,7-10H2. The van der Waals surface area contributed by atoms with E-state index in [-0.39, 0.29) is 17.8 Å². The minimum absolute atomic E-state index is 0.164. The quantitative estimate of drug-likeness (QED) is 0.879. The molecule has 1 amide bonds. The molecule has 4 heteroatoms. The summed E-state index contributed by atoms with van der Waals surface area (Å²) in [5, 5.41) is 3.46. The van der Waals surface area contributed by atoms with Crippen LogP contribution in [0, 0.1) is 11.7 Å². The number of carbonyl (C=O) groups excluding carboxylic acids is 1. The Morgan fingerprint density at radius 1 is 1.37 bits per heavy atom. The van der Waals surface area contributed by atoms with Gasteiger partial charge in [0.05, 0.1) is 0 Å². The summed E-state index contributed by atoms with van der Waals surface area (Å²) in [6.45, 7) is 2.28. The normalized spacial score (nSPS) is 23.1. The van der Waals surface area contributed by atoms with Crippen LogP contribution in [0.3, 0.4) is 0 Å². The molecule has 3 nitrogen and oxygen atoms in total. The second-order valence-corrected chi connectivity index (χ2v) is 5.66. The zero-order chi connectivity index (χ0) is 13.2.